The predicted octanol–water partition coefficient (Wildman–Crippen LogP) is -3.89. The maximum absolute atomic E-state index is 9.69. The average Bonchev–Trinajstić information content (AvgIpc) is 2.06. The van der Waals surface area contributed by atoms with Gasteiger partial charge in [0.25, 0.3) is 0 Å². The van der Waals surface area contributed by atoms with Crippen molar-refractivity contribution in [3.05, 3.63) is 36.8 Å². The van der Waals surface area contributed by atoms with E-state index in [0.717, 1.165) is 0 Å². The van der Waals surface area contributed by atoms with Crippen LogP contribution in [-0.2, 0) is 14.4 Å². The second-order valence-electron chi connectivity index (χ2n) is 3.35. The number of carboxylic acids is 3. The molecular weight excluding hydrogens is 423 g/mol. The fourth-order valence-corrected chi connectivity index (χ4v) is 0.809. The van der Waals surface area contributed by atoms with Crippen molar-refractivity contribution in [1.29, 1.82) is 0 Å². The number of rotatable bonds is 3. The molecule has 0 amide bonds. The van der Waals surface area contributed by atoms with Gasteiger partial charge in [0.1, 0.15) is 0 Å². The van der Waals surface area contributed by atoms with Crippen LogP contribution in [0, 0.1) is 41.3 Å². The Balaban J connectivity index is 0.000000294. The molecule has 0 aliphatic carbocycles. The monoisotopic (exact) mass is 429 g/mol. The average molecular weight is 429 g/mol. The van der Waals surface area contributed by atoms with Gasteiger partial charge in [-0.25, -0.2) is 0 Å². The zero-order chi connectivity index (χ0) is 15.8. The van der Waals surface area contributed by atoms with Gasteiger partial charge in [-0.05, 0) is 18.2 Å². The first kappa shape index (κ1) is 20.0. The van der Waals surface area contributed by atoms with Crippen molar-refractivity contribution in [2.75, 3.05) is 0 Å². The van der Waals surface area contributed by atoms with Crippen molar-refractivity contribution in [2.45, 2.75) is 0 Å². The number of carbonyl (C=O) groups is 3. The van der Waals surface area contributed by atoms with Crippen LogP contribution in [-0.4, -0.2) is 35.0 Å². The van der Waals surface area contributed by atoms with E-state index in [0.29, 0.717) is 0 Å². The molecule has 3 aliphatic heterocycles. The van der Waals surface area contributed by atoms with Gasteiger partial charge in [0, 0.05) is 18.6 Å². The summed E-state index contributed by atoms with van der Waals surface area (Å²) in [6.45, 7) is 0. The maximum Gasteiger partial charge on any atom is 3.00 e. The van der Waals surface area contributed by atoms with E-state index in [1.54, 1.807) is 0 Å². The topological polar surface area (TPSA) is 157 Å². The van der Waals surface area contributed by atoms with Crippen LogP contribution in [0.3, 0.4) is 0 Å². The normalized spacial score (nSPS) is 14.5. The number of hydrogen-bond donors (Lipinski definition) is 0. The third kappa shape index (κ3) is 6.64. The largest absolute Gasteiger partial charge is 3.00 e. The van der Waals surface area contributed by atoms with Gasteiger partial charge < -0.3 is 29.7 Å². The summed E-state index contributed by atoms with van der Waals surface area (Å²) >= 11 is 0. The number of carboxylic acid groups (broad SMARTS) is 3. The molecular formula is C12H6N3O6Pr. The molecule has 0 aromatic rings. The number of aliphatic imine (C=N–C) groups is 3. The van der Waals surface area contributed by atoms with E-state index in [-0.39, 0.29) is 58.4 Å². The quantitative estimate of drug-likeness (QED) is 0.447. The molecule has 108 valence electrons. The molecule has 0 radical (unpaired) electrons. The van der Waals surface area contributed by atoms with Gasteiger partial charge in [0.05, 0.1) is 35.0 Å². The van der Waals surface area contributed by atoms with Gasteiger partial charge in [0.2, 0.25) is 0 Å². The third-order valence-corrected chi connectivity index (χ3v) is 1.97. The number of nitrogens with zero attached hydrogens (tertiary/aromatic N) is 3. The van der Waals surface area contributed by atoms with E-state index < -0.39 is 17.9 Å². The van der Waals surface area contributed by atoms with Crippen LogP contribution < -0.4 is 15.3 Å². The Labute approximate surface area is 157 Å². The molecule has 3 aliphatic rings. The zero-order valence-corrected chi connectivity index (χ0v) is 14.5. The number of carbonyl (C=O) groups excluding carboxylic acids is 3. The third-order valence-electron chi connectivity index (χ3n) is 1.97. The van der Waals surface area contributed by atoms with Crippen LogP contribution in [0.1, 0.15) is 0 Å². The van der Waals surface area contributed by atoms with Gasteiger partial charge in [-0.1, -0.05) is 0 Å². The van der Waals surface area contributed by atoms with Crippen LogP contribution >= 0.6 is 0 Å². The first-order valence-corrected chi connectivity index (χ1v) is 5.29. The van der Waals surface area contributed by atoms with Gasteiger partial charge >= 0.3 is 41.3 Å². The summed E-state index contributed by atoms with van der Waals surface area (Å²) in [6.07, 6.45) is 8.38. The molecule has 0 bridgehead atoms. The molecule has 0 saturated carbocycles. The van der Waals surface area contributed by atoms with Crippen molar-refractivity contribution in [2.24, 2.45) is 15.0 Å². The first-order valence-electron chi connectivity index (χ1n) is 5.29. The molecule has 0 N–H and O–H groups in total. The summed E-state index contributed by atoms with van der Waals surface area (Å²) < 4.78 is 0. The Morgan fingerprint density at radius 1 is 0.636 bits per heavy atom. The zero-order valence-electron chi connectivity index (χ0n) is 10.8. The fraction of sp³-hybridized carbons (Fsp3) is 0. The Morgan fingerprint density at radius 3 is 0.818 bits per heavy atom. The predicted molar refractivity (Wildman–Crippen MR) is 64.7 cm³/mol. The van der Waals surface area contributed by atoms with Gasteiger partial charge in [0.15, 0.2) is 0 Å². The number of hydrogen-bond acceptors (Lipinski definition) is 9. The minimum atomic E-state index is -1.21. The van der Waals surface area contributed by atoms with Crippen molar-refractivity contribution in [3.8, 4) is 0 Å². The molecule has 3 heterocycles. The Bertz CT molecular complexity index is 567. The van der Waals surface area contributed by atoms with Crippen LogP contribution in [0.5, 0.6) is 0 Å². The van der Waals surface area contributed by atoms with E-state index in [2.05, 4.69) is 15.0 Å². The van der Waals surface area contributed by atoms with Gasteiger partial charge in [-0.15, -0.1) is 0 Å². The van der Waals surface area contributed by atoms with Crippen LogP contribution in [0.4, 0.5) is 0 Å². The number of aliphatic carboxylic acids is 3. The van der Waals surface area contributed by atoms with E-state index in [4.69, 9.17) is 0 Å². The molecule has 0 spiro atoms. The summed E-state index contributed by atoms with van der Waals surface area (Å²) in [5.74, 6) is -3.62. The van der Waals surface area contributed by atoms with Crippen molar-refractivity contribution in [1.82, 2.24) is 0 Å². The molecule has 0 atom stereocenters. The molecule has 0 fully saturated rings. The minimum absolute atomic E-state index is 0. The SMILES string of the molecule is O=C([O-])C1=NC=C1.O=C([O-])C1=NC=C1.O=C([O-])C1=NC=C1.[Pr+3]. The summed E-state index contributed by atoms with van der Waals surface area (Å²) in [4.78, 5) is 39.1. The summed E-state index contributed by atoms with van der Waals surface area (Å²) in [7, 11) is 0. The van der Waals surface area contributed by atoms with Crippen LogP contribution in [0.15, 0.2) is 51.8 Å². The minimum Gasteiger partial charge on any atom is -0.543 e. The molecule has 3 rings (SSSR count). The first-order chi connectivity index (χ1) is 9.91. The Hall–Kier alpha value is -2.00. The van der Waals surface area contributed by atoms with Gasteiger partial charge in [-0.3, -0.25) is 15.0 Å². The van der Waals surface area contributed by atoms with Crippen molar-refractivity contribution >= 4 is 35.0 Å². The maximum atomic E-state index is 9.69. The molecule has 22 heavy (non-hydrogen) atoms. The van der Waals surface area contributed by atoms with E-state index in [1.165, 1.54) is 36.8 Å². The molecule has 0 aromatic carbocycles. The molecule has 9 nitrogen and oxygen atoms in total. The second-order valence-corrected chi connectivity index (χ2v) is 3.35. The van der Waals surface area contributed by atoms with Crippen LogP contribution in [0.2, 0.25) is 0 Å². The Morgan fingerprint density at radius 2 is 0.818 bits per heavy atom. The molecule has 10 heteroatoms. The van der Waals surface area contributed by atoms with Crippen LogP contribution in [0.25, 0.3) is 0 Å². The summed E-state index contributed by atoms with van der Waals surface area (Å²) in [5, 5.41) is 29.1. The molecule has 0 unspecified atom stereocenters. The van der Waals surface area contributed by atoms with Crippen molar-refractivity contribution < 1.29 is 71.0 Å². The standard InChI is InChI=1S/3C4H3NO2.Pr/c3*6-4(7)3-1-2-5-3;/h3*1-2H,(H,6,7);/q;;;+3/p-3. The molecule has 0 saturated heterocycles. The second kappa shape index (κ2) is 9.85. The van der Waals surface area contributed by atoms with E-state index >= 15 is 0 Å². The Kier molecular flexibility index (Phi) is 8.96. The summed E-state index contributed by atoms with van der Waals surface area (Å²) in [6, 6.07) is 0. The van der Waals surface area contributed by atoms with E-state index in [9.17, 15) is 29.7 Å². The summed E-state index contributed by atoms with van der Waals surface area (Å²) in [5.41, 5.74) is 0.0833. The molecule has 0 aromatic heterocycles. The smallest absolute Gasteiger partial charge is 0.543 e. The fourth-order valence-electron chi connectivity index (χ4n) is 0.809. The van der Waals surface area contributed by atoms with Gasteiger partial charge in [-0.2, -0.15) is 0 Å². The van der Waals surface area contributed by atoms with Crippen molar-refractivity contribution in [3.63, 3.8) is 0 Å². The van der Waals surface area contributed by atoms with E-state index in [1.807, 2.05) is 0 Å².